The Labute approximate surface area is 81.3 Å². The maximum absolute atomic E-state index is 11.4. The van der Waals surface area contributed by atoms with Crippen LogP contribution in [0.4, 0.5) is 0 Å². The van der Waals surface area contributed by atoms with Crippen LogP contribution in [0.3, 0.4) is 0 Å². The number of fused-ring (bicyclic) bond motifs is 1. The molecule has 0 aromatic rings. The van der Waals surface area contributed by atoms with Crippen molar-refractivity contribution in [2.75, 3.05) is 13.2 Å². The van der Waals surface area contributed by atoms with Crippen LogP contribution in [0.15, 0.2) is 0 Å². The molecule has 2 heterocycles. The molecular formula is C9H12O5. The van der Waals surface area contributed by atoms with E-state index < -0.39 is 24.1 Å². The van der Waals surface area contributed by atoms with Crippen LogP contribution < -0.4 is 0 Å². The van der Waals surface area contributed by atoms with Gasteiger partial charge in [-0.25, -0.2) is 0 Å². The summed E-state index contributed by atoms with van der Waals surface area (Å²) in [5, 5.41) is 0. The first-order valence-electron chi connectivity index (χ1n) is 4.72. The van der Waals surface area contributed by atoms with Crippen molar-refractivity contribution in [1.82, 2.24) is 0 Å². The smallest absolute Gasteiger partial charge is 0.323 e. The van der Waals surface area contributed by atoms with E-state index in [1.165, 1.54) is 0 Å². The lowest BCUT2D eigenvalue weighted by Gasteiger charge is -2.09. The van der Waals surface area contributed by atoms with Gasteiger partial charge < -0.3 is 14.2 Å². The summed E-state index contributed by atoms with van der Waals surface area (Å²) in [7, 11) is 0. The molecule has 0 saturated carbocycles. The monoisotopic (exact) mass is 200 g/mol. The average Bonchev–Trinajstić information content (AvgIpc) is 2.63. The number of hydrogen-bond donors (Lipinski definition) is 0. The standard InChI is InChI=1S/C9H12O5/c1-2-12-7(10)6-5-3-4-13-9(5)14-8(6)11/h5-6,9H,2-4H2,1H3. The number of esters is 2. The number of hydrogen-bond acceptors (Lipinski definition) is 5. The summed E-state index contributed by atoms with van der Waals surface area (Å²) < 4.78 is 14.9. The lowest BCUT2D eigenvalue weighted by Crippen LogP contribution is -2.27. The minimum absolute atomic E-state index is 0.151. The van der Waals surface area contributed by atoms with E-state index in [-0.39, 0.29) is 12.5 Å². The summed E-state index contributed by atoms with van der Waals surface area (Å²) in [6.07, 6.45) is 0.150. The van der Waals surface area contributed by atoms with E-state index in [4.69, 9.17) is 14.2 Å². The lowest BCUT2D eigenvalue weighted by molar-refractivity contribution is -0.163. The molecule has 0 spiro atoms. The third-order valence-electron chi connectivity index (χ3n) is 2.54. The van der Waals surface area contributed by atoms with Gasteiger partial charge in [-0.3, -0.25) is 9.59 Å². The number of carbonyl (C=O) groups excluding carboxylic acids is 2. The molecule has 0 radical (unpaired) electrons. The van der Waals surface area contributed by atoms with Crippen molar-refractivity contribution in [3.05, 3.63) is 0 Å². The van der Waals surface area contributed by atoms with Crippen LogP contribution in [-0.2, 0) is 23.8 Å². The minimum Gasteiger partial charge on any atom is -0.465 e. The predicted molar refractivity (Wildman–Crippen MR) is 44.1 cm³/mol. The van der Waals surface area contributed by atoms with Crippen LogP contribution in [0.5, 0.6) is 0 Å². The highest BCUT2D eigenvalue weighted by atomic mass is 16.7. The van der Waals surface area contributed by atoms with Gasteiger partial charge in [-0.15, -0.1) is 0 Å². The van der Waals surface area contributed by atoms with E-state index in [1.54, 1.807) is 6.92 Å². The largest absolute Gasteiger partial charge is 0.465 e. The average molecular weight is 200 g/mol. The molecule has 2 aliphatic heterocycles. The molecule has 0 aromatic heterocycles. The Morgan fingerprint density at radius 3 is 3.14 bits per heavy atom. The Balaban J connectivity index is 2.09. The predicted octanol–water partition coefficient (Wildman–Crippen LogP) is 0.0851. The zero-order valence-electron chi connectivity index (χ0n) is 7.89. The van der Waals surface area contributed by atoms with Gasteiger partial charge in [0.05, 0.1) is 13.2 Å². The topological polar surface area (TPSA) is 61.8 Å². The molecule has 3 atom stereocenters. The molecule has 0 aliphatic carbocycles. The molecule has 0 amide bonds. The summed E-state index contributed by atoms with van der Waals surface area (Å²) >= 11 is 0. The van der Waals surface area contributed by atoms with Gasteiger partial charge in [-0.1, -0.05) is 0 Å². The molecule has 0 N–H and O–H groups in total. The first kappa shape index (κ1) is 9.45. The Kier molecular flexibility index (Phi) is 2.41. The van der Waals surface area contributed by atoms with Gasteiger partial charge in [0, 0.05) is 5.92 Å². The van der Waals surface area contributed by atoms with E-state index in [0.29, 0.717) is 13.0 Å². The van der Waals surface area contributed by atoms with Gasteiger partial charge in [0.25, 0.3) is 0 Å². The van der Waals surface area contributed by atoms with Gasteiger partial charge in [0.1, 0.15) is 0 Å². The molecule has 14 heavy (non-hydrogen) atoms. The Bertz CT molecular complexity index is 262. The molecule has 2 fully saturated rings. The zero-order valence-corrected chi connectivity index (χ0v) is 7.89. The summed E-state index contributed by atoms with van der Waals surface area (Å²) in [6.45, 7) is 2.53. The van der Waals surface area contributed by atoms with Gasteiger partial charge in [-0.05, 0) is 13.3 Å². The molecule has 2 rings (SSSR count). The SMILES string of the molecule is CCOC(=O)C1C(=O)OC2OCCC21. The Hall–Kier alpha value is -1.10. The quantitative estimate of drug-likeness (QED) is 0.467. The van der Waals surface area contributed by atoms with Gasteiger partial charge in [0.2, 0.25) is 6.29 Å². The van der Waals surface area contributed by atoms with Crippen molar-refractivity contribution in [2.45, 2.75) is 19.6 Å². The molecule has 2 saturated heterocycles. The Morgan fingerprint density at radius 1 is 1.64 bits per heavy atom. The number of carbonyl (C=O) groups is 2. The van der Waals surface area contributed by atoms with Crippen molar-refractivity contribution in [3.8, 4) is 0 Å². The van der Waals surface area contributed by atoms with Crippen molar-refractivity contribution in [1.29, 1.82) is 0 Å². The second-order valence-electron chi connectivity index (χ2n) is 3.36. The minimum atomic E-state index is -0.776. The third-order valence-corrected chi connectivity index (χ3v) is 2.54. The Morgan fingerprint density at radius 2 is 2.43 bits per heavy atom. The van der Waals surface area contributed by atoms with Gasteiger partial charge >= 0.3 is 11.9 Å². The fourth-order valence-corrected chi connectivity index (χ4v) is 1.89. The van der Waals surface area contributed by atoms with E-state index in [0.717, 1.165) is 0 Å². The molecule has 0 aromatic carbocycles. The van der Waals surface area contributed by atoms with Crippen molar-refractivity contribution < 1.29 is 23.8 Å². The van der Waals surface area contributed by atoms with Crippen LogP contribution in [0.1, 0.15) is 13.3 Å². The highest BCUT2D eigenvalue weighted by Crippen LogP contribution is 2.36. The fourth-order valence-electron chi connectivity index (χ4n) is 1.89. The van der Waals surface area contributed by atoms with E-state index in [9.17, 15) is 9.59 Å². The first-order chi connectivity index (χ1) is 6.74. The summed E-state index contributed by atoms with van der Waals surface area (Å²) in [6, 6.07) is 0. The highest BCUT2D eigenvalue weighted by molar-refractivity contribution is 5.96. The summed E-state index contributed by atoms with van der Waals surface area (Å²) in [5.41, 5.74) is 0. The molecule has 2 aliphatic rings. The van der Waals surface area contributed by atoms with Gasteiger partial charge in [-0.2, -0.15) is 0 Å². The molecule has 3 unspecified atom stereocenters. The molecule has 5 heteroatoms. The zero-order chi connectivity index (χ0) is 10.1. The third kappa shape index (κ3) is 1.37. The lowest BCUT2D eigenvalue weighted by atomic mass is 9.93. The van der Waals surface area contributed by atoms with Crippen LogP contribution >= 0.6 is 0 Å². The fraction of sp³-hybridized carbons (Fsp3) is 0.778. The van der Waals surface area contributed by atoms with Crippen LogP contribution in [-0.4, -0.2) is 31.4 Å². The maximum Gasteiger partial charge on any atom is 0.323 e. The molecule has 0 bridgehead atoms. The first-order valence-corrected chi connectivity index (χ1v) is 4.72. The van der Waals surface area contributed by atoms with E-state index in [1.807, 2.05) is 0 Å². The number of ether oxygens (including phenoxy) is 3. The second-order valence-corrected chi connectivity index (χ2v) is 3.36. The molecular weight excluding hydrogens is 188 g/mol. The van der Waals surface area contributed by atoms with Crippen molar-refractivity contribution in [2.24, 2.45) is 11.8 Å². The summed E-state index contributed by atoms with van der Waals surface area (Å²) in [4.78, 5) is 22.7. The number of rotatable bonds is 2. The second kappa shape index (κ2) is 3.57. The van der Waals surface area contributed by atoms with Crippen molar-refractivity contribution in [3.63, 3.8) is 0 Å². The van der Waals surface area contributed by atoms with Crippen LogP contribution in [0, 0.1) is 11.8 Å². The van der Waals surface area contributed by atoms with E-state index >= 15 is 0 Å². The highest BCUT2D eigenvalue weighted by Gasteiger charge is 2.52. The molecule has 78 valence electrons. The maximum atomic E-state index is 11.4. The van der Waals surface area contributed by atoms with E-state index in [2.05, 4.69) is 0 Å². The van der Waals surface area contributed by atoms with Crippen LogP contribution in [0.2, 0.25) is 0 Å². The summed E-state index contributed by atoms with van der Waals surface area (Å²) in [5.74, 6) is -1.93. The van der Waals surface area contributed by atoms with Gasteiger partial charge in [0.15, 0.2) is 5.92 Å². The normalized spacial score (nSPS) is 35.2. The molecule has 5 nitrogen and oxygen atoms in total. The van der Waals surface area contributed by atoms with Crippen LogP contribution in [0.25, 0.3) is 0 Å². The van der Waals surface area contributed by atoms with Crippen molar-refractivity contribution >= 4 is 11.9 Å².